The van der Waals surface area contributed by atoms with E-state index < -0.39 is 24.3 Å². The van der Waals surface area contributed by atoms with E-state index in [9.17, 15) is 19.5 Å². The average molecular weight is 1130 g/mol. The number of hydrogen-bond donors (Lipinski definition) is 1. The molecule has 468 valence electrons. The maximum absolute atomic E-state index is 12.9. The number of rotatable bonds is 64. The summed E-state index contributed by atoms with van der Waals surface area (Å²) >= 11 is 0. The number of carbonyl (C=O) groups excluding carboxylic acids is 2. The number of carboxylic acid groups (broad SMARTS) is 1. The molecule has 9 heteroatoms. The molecule has 0 aliphatic rings. The van der Waals surface area contributed by atoms with Crippen molar-refractivity contribution in [2.24, 2.45) is 0 Å². The molecular weight excluding hydrogens is 995 g/mol. The van der Waals surface area contributed by atoms with Gasteiger partial charge in [0, 0.05) is 12.8 Å². The van der Waals surface area contributed by atoms with Crippen LogP contribution in [0.5, 0.6) is 0 Å². The zero-order chi connectivity index (χ0) is 58.3. The third-order valence-corrected chi connectivity index (χ3v) is 15.3. The second-order valence-corrected chi connectivity index (χ2v) is 24.5. The fourth-order valence-corrected chi connectivity index (χ4v) is 10.0. The SMILES string of the molecule is CCCCCCC/C=C\C/C=C\C/C=C\CCCCCCCCCCCCCCCCCCCCCCCCCCC(=O)OC(COC(=O)CCCCCCC/C=C\CCCCCCCCC)COC(OCC[N+](C)(C)C)C(=O)O. The summed E-state index contributed by atoms with van der Waals surface area (Å²) in [5.74, 6) is -2.00. The molecule has 0 aromatic heterocycles. The van der Waals surface area contributed by atoms with E-state index in [1.54, 1.807) is 0 Å². The van der Waals surface area contributed by atoms with Crippen molar-refractivity contribution in [3.8, 4) is 0 Å². The summed E-state index contributed by atoms with van der Waals surface area (Å²) in [6.45, 7) is 4.89. The topological polar surface area (TPSA) is 108 Å². The van der Waals surface area contributed by atoms with Gasteiger partial charge in [0.25, 0.3) is 6.29 Å². The van der Waals surface area contributed by atoms with Crippen LogP contribution in [0, 0.1) is 0 Å². The van der Waals surface area contributed by atoms with E-state index >= 15 is 0 Å². The molecule has 2 unspecified atom stereocenters. The van der Waals surface area contributed by atoms with Gasteiger partial charge in [0.05, 0.1) is 34.4 Å². The van der Waals surface area contributed by atoms with Crippen LogP contribution in [0.2, 0.25) is 0 Å². The van der Waals surface area contributed by atoms with Gasteiger partial charge in [-0.25, -0.2) is 4.79 Å². The van der Waals surface area contributed by atoms with Gasteiger partial charge in [0.1, 0.15) is 13.2 Å². The molecule has 0 heterocycles. The number of aliphatic carboxylic acids is 1. The lowest BCUT2D eigenvalue weighted by molar-refractivity contribution is -0.870. The van der Waals surface area contributed by atoms with E-state index in [0.717, 1.165) is 64.2 Å². The lowest BCUT2D eigenvalue weighted by atomic mass is 10.0. The fourth-order valence-electron chi connectivity index (χ4n) is 10.0. The molecule has 0 aliphatic carbocycles. The first kappa shape index (κ1) is 77.2. The van der Waals surface area contributed by atoms with E-state index in [1.165, 1.54) is 238 Å². The van der Waals surface area contributed by atoms with Crippen LogP contribution in [-0.2, 0) is 33.3 Å². The number of allylic oxidation sites excluding steroid dienone is 8. The number of ether oxygens (including phenoxy) is 4. The number of unbranched alkanes of at least 4 members (excludes halogenated alkanes) is 41. The average Bonchev–Trinajstić information content (AvgIpc) is 3.43. The molecule has 0 aromatic carbocycles. The Morgan fingerprint density at radius 2 is 0.675 bits per heavy atom. The van der Waals surface area contributed by atoms with Gasteiger partial charge in [-0.05, 0) is 77.0 Å². The van der Waals surface area contributed by atoms with Gasteiger partial charge >= 0.3 is 17.9 Å². The molecular formula is C71H132NO8+. The highest BCUT2D eigenvalue weighted by atomic mass is 16.7. The Hall–Kier alpha value is -2.75. The molecule has 0 amide bonds. The van der Waals surface area contributed by atoms with E-state index in [0.29, 0.717) is 17.4 Å². The van der Waals surface area contributed by atoms with Crippen LogP contribution >= 0.6 is 0 Å². The predicted octanol–water partition coefficient (Wildman–Crippen LogP) is 21.0. The summed E-state index contributed by atoms with van der Waals surface area (Å²) in [6, 6.07) is 0. The van der Waals surface area contributed by atoms with Crippen molar-refractivity contribution in [2.45, 2.75) is 341 Å². The maximum atomic E-state index is 12.9. The summed E-state index contributed by atoms with van der Waals surface area (Å²) < 4.78 is 22.9. The van der Waals surface area contributed by atoms with Gasteiger partial charge in [-0.1, -0.05) is 287 Å². The standard InChI is InChI=1S/C71H131NO8/c1-6-8-10-12-14-16-18-20-22-24-25-26-27-28-29-30-31-32-33-34-35-36-37-38-39-40-41-42-43-44-45-46-48-50-52-54-56-58-60-62-69(74)80-67(66-79-71(70(75)76)77-64-63-72(3,4)5)65-78-68(73)61-59-57-55-53-51-49-47-23-21-19-17-15-13-11-9-7-2/h18,20,23-25,27-28,47,67,71H,6-17,19,21-22,26,29-46,48-66H2,1-5H3/p+1/b20-18-,25-24-,28-27-,47-23-. The molecule has 0 aromatic rings. The van der Waals surface area contributed by atoms with E-state index in [4.69, 9.17) is 18.9 Å². The number of carboxylic acids is 1. The van der Waals surface area contributed by atoms with Crippen molar-refractivity contribution in [3.05, 3.63) is 48.6 Å². The highest BCUT2D eigenvalue weighted by molar-refractivity contribution is 5.71. The molecule has 0 radical (unpaired) electrons. The quantitative estimate of drug-likeness (QED) is 0.0211. The number of carbonyl (C=O) groups is 3. The maximum Gasteiger partial charge on any atom is 0.361 e. The normalized spacial score (nSPS) is 13.0. The molecule has 0 aliphatic heterocycles. The van der Waals surface area contributed by atoms with Crippen molar-refractivity contribution in [3.63, 3.8) is 0 Å². The number of hydrogen-bond acceptors (Lipinski definition) is 7. The van der Waals surface area contributed by atoms with Gasteiger partial charge in [0.15, 0.2) is 6.10 Å². The fraction of sp³-hybridized carbons (Fsp3) is 0.845. The largest absolute Gasteiger partial charge is 0.477 e. The van der Waals surface area contributed by atoms with Crippen molar-refractivity contribution in [2.75, 3.05) is 47.5 Å². The first-order valence-corrected chi connectivity index (χ1v) is 34.3. The molecule has 0 spiro atoms. The van der Waals surface area contributed by atoms with E-state index in [-0.39, 0.29) is 32.2 Å². The highest BCUT2D eigenvalue weighted by Gasteiger charge is 2.25. The zero-order valence-corrected chi connectivity index (χ0v) is 53.5. The minimum absolute atomic E-state index is 0.182. The summed E-state index contributed by atoms with van der Waals surface area (Å²) in [6.07, 6.45) is 76.7. The highest BCUT2D eigenvalue weighted by Crippen LogP contribution is 2.18. The van der Waals surface area contributed by atoms with Crippen LogP contribution in [0.1, 0.15) is 328 Å². The number of nitrogens with zero attached hydrogens (tertiary/aromatic N) is 1. The lowest BCUT2D eigenvalue weighted by Gasteiger charge is -2.25. The first-order chi connectivity index (χ1) is 39.1. The van der Waals surface area contributed by atoms with Gasteiger partial charge in [0.2, 0.25) is 0 Å². The number of esters is 2. The van der Waals surface area contributed by atoms with Crippen LogP contribution < -0.4 is 0 Å². The molecule has 2 atom stereocenters. The monoisotopic (exact) mass is 1130 g/mol. The Bertz CT molecular complexity index is 1450. The minimum Gasteiger partial charge on any atom is -0.477 e. The Balaban J connectivity index is 3.97. The molecule has 1 N–H and O–H groups in total. The predicted molar refractivity (Wildman–Crippen MR) is 341 cm³/mol. The van der Waals surface area contributed by atoms with Crippen LogP contribution in [0.25, 0.3) is 0 Å². The third kappa shape index (κ3) is 62.8. The Morgan fingerprint density at radius 3 is 1.01 bits per heavy atom. The Kier molecular flexibility index (Phi) is 60.2. The molecule has 9 nitrogen and oxygen atoms in total. The van der Waals surface area contributed by atoms with Crippen molar-refractivity contribution >= 4 is 17.9 Å². The lowest BCUT2D eigenvalue weighted by Crippen LogP contribution is -2.40. The summed E-state index contributed by atoms with van der Waals surface area (Å²) in [5, 5.41) is 9.72. The Labute approximate surface area is 495 Å². The summed E-state index contributed by atoms with van der Waals surface area (Å²) in [5.41, 5.74) is 0. The molecule has 80 heavy (non-hydrogen) atoms. The first-order valence-electron chi connectivity index (χ1n) is 34.3. The third-order valence-electron chi connectivity index (χ3n) is 15.3. The van der Waals surface area contributed by atoms with Crippen LogP contribution in [0.3, 0.4) is 0 Å². The Morgan fingerprint density at radius 1 is 0.375 bits per heavy atom. The second-order valence-electron chi connectivity index (χ2n) is 24.5. The molecule has 0 bridgehead atoms. The summed E-state index contributed by atoms with van der Waals surface area (Å²) in [7, 11) is 5.98. The number of quaternary nitrogens is 1. The molecule has 0 saturated heterocycles. The van der Waals surface area contributed by atoms with Gasteiger partial charge in [-0.2, -0.15) is 0 Å². The van der Waals surface area contributed by atoms with Crippen LogP contribution in [-0.4, -0.2) is 87.4 Å². The minimum atomic E-state index is -1.51. The van der Waals surface area contributed by atoms with Crippen molar-refractivity contribution in [1.29, 1.82) is 0 Å². The number of likely N-dealkylation sites (N-methyl/N-ethyl adjacent to an activating group) is 1. The van der Waals surface area contributed by atoms with Crippen molar-refractivity contribution < 1.29 is 42.9 Å². The summed E-state index contributed by atoms with van der Waals surface area (Å²) in [4.78, 5) is 37.5. The molecule has 0 saturated carbocycles. The van der Waals surface area contributed by atoms with Gasteiger partial charge < -0.3 is 28.5 Å². The van der Waals surface area contributed by atoms with Crippen molar-refractivity contribution in [1.82, 2.24) is 0 Å². The van der Waals surface area contributed by atoms with E-state index in [2.05, 4.69) is 62.5 Å². The zero-order valence-electron chi connectivity index (χ0n) is 53.5. The van der Waals surface area contributed by atoms with Crippen LogP contribution in [0.15, 0.2) is 48.6 Å². The van der Waals surface area contributed by atoms with Gasteiger partial charge in [-0.3, -0.25) is 9.59 Å². The van der Waals surface area contributed by atoms with Gasteiger partial charge in [-0.15, -0.1) is 0 Å². The second kappa shape index (κ2) is 62.3. The molecule has 0 fully saturated rings. The van der Waals surface area contributed by atoms with E-state index in [1.807, 2.05) is 21.1 Å². The smallest absolute Gasteiger partial charge is 0.361 e. The van der Waals surface area contributed by atoms with Crippen LogP contribution in [0.4, 0.5) is 0 Å². The molecule has 0 rings (SSSR count).